The Morgan fingerprint density at radius 1 is 1.05 bits per heavy atom. The van der Waals surface area contributed by atoms with Crippen molar-refractivity contribution in [2.24, 2.45) is 16.8 Å². The number of carbonyl (C=O) groups excluding carboxylic acids is 4. The summed E-state index contributed by atoms with van der Waals surface area (Å²) in [6.07, 6.45) is 12.9. The van der Waals surface area contributed by atoms with E-state index in [4.69, 9.17) is 17.7 Å². The normalized spacial score (nSPS) is 12.9. The lowest BCUT2D eigenvalue weighted by atomic mass is 9.94. The van der Waals surface area contributed by atoms with E-state index in [1.807, 2.05) is 6.26 Å². The van der Waals surface area contributed by atoms with Crippen LogP contribution in [0, 0.1) is 18.3 Å². The third kappa shape index (κ3) is 17.5. The van der Waals surface area contributed by atoms with Crippen molar-refractivity contribution in [2.75, 3.05) is 32.1 Å². The van der Waals surface area contributed by atoms with Crippen molar-refractivity contribution >= 4 is 35.3 Å². The van der Waals surface area contributed by atoms with Gasteiger partial charge in [0.05, 0.1) is 12.1 Å². The molecule has 0 radical (unpaired) electrons. The van der Waals surface area contributed by atoms with Crippen LogP contribution < -0.4 is 21.7 Å². The number of nitrogens with one attached hydrogen (secondary N) is 3. The van der Waals surface area contributed by atoms with Crippen LogP contribution in [0.15, 0.2) is 5.11 Å². The van der Waals surface area contributed by atoms with Crippen molar-refractivity contribution in [3.63, 3.8) is 0 Å². The van der Waals surface area contributed by atoms with Crippen LogP contribution in [0.5, 0.6) is 0 Å². The Morgan fingerprint density at radius 3 is 2.38 bits per heavy atom. The number of thioether (sulfide) groups is 1. The first-order valence-corrected chi connectivity index (χ1v) is 14.2. The Bertz CT molecular complexity index is 796. The maximum absolute atomic E-state index is 12.8. The molecule has 0 aliphatic rings. The van der Waals surface area contributed by atoms with Gasteiger partial charge in [0.2, 0.25) is 17.7 Å². The van der Waals surface area contributed by atoms with Gasteiger partial charge < -0.3 is 16.4 Å². The van der Waals surface area contributed by atoms with Gasteiger partial charge in [-0.15, -0.1) is 12.3 Å². The van der Waals surface area contributed by atoms with Crippen LogP contribution in [0.4, 0.5) is 0 Å². The van der Waals surface area contributed by atoms with Crippen molar-refractivity contribution in [1.82, 2.24) is 16.0 Å². The minimum Gasteiger partial charge on any atom is -0.356 e. The van der Waals surface area contributed by atoms with Crippen LogP contribution in [-0.2, 0) is 19.2 Å². The zero-order valence-corrected chi connectivity index (χ0v) is 23.0. The fourth-order valence-electron chi connectivity index (χ4n) is 3.65. The molecule has 0 saturated heterocycles. The summed E-state index contributed by atoms with van der Waals surface area (Å²) in [6, 6.07) is -1.15. The maximum atomic E-state index is 12.8. The number of hydrogen-bond donors (Lipinski definition) is 4. The Labute approximate surface area is 224 Å². The number of likely N-dealkylation sites (N-methyl/N-ethyl adjacent to an activating group) is 1. The number of carbonyl (C=O) groups is 4. The van der Waals surface area contributed by atoms with E-state index in [1.165, 1.54) is 0 Å². The largest absolute Gasteiger partial charge is 0.356 e. The topological polar surface area (TPSA) is 179 Å². The second-order valence-corrected chi connectivity index (χ2v) is 9.79. The van der Waals surface area contributed by atoms with E-state index >= 15 is 0 Å². The molecule has 0 fully saturated rings. The number of rotatable bonds is 22. The van der Waals surface area contributed by atoms with Gasteiger partial charge in [0, 0.05) is 43.2 Å². The highest BCUT2D eigenvalue weighted by Crippen LogP contribution is 2.18. The van der Waals surface area contributed by atoms with Crippen molar-refractivity contribution in [3.05, 3.63) is 10.4 Å². The molecular formula is C25H43N7O4S. The van der Waals surface area contributed by atoms with E-state index in [2.05, 4.69) is 31.9 Å². The maximum Gasteiger partial charge on any atom is 0.243 e. The summed E-state index contributed by atoms with van der Waals surface area (Å²) in [5, 5.41) is 11.8. The van der Waals surface area contributed by atoms with Crippen LogP contribution in [0.1, 0.15) is 70.6 Å². The number of imide groups is 1. The molecule has 5 N–H and O–H groups in total. The Hall–Kier alpha value is -2.58. The van der Waals surface area contributed by atoms with Gasteiger partial charge in [-0.05, 0) is 56.7 Å². The summed E-state index contributed by atoms with van der Waals surface area (Å²) in [4.78, 5) is 51.8. The molecule has 0 aromatic carbocycles. The molecule has 37 heavy (non-hydrogen) atoms. The van der Waals surface area contributed by atoms with Crippen LogP contribution in [0.3, 0.4) is 0 Å². The molecule has 0 saturated carbocycles. The number of ketones is 1. The number of azide groups is 1. The second kappa shape index (κ2) is 22.6. The smallest absolute Gasteiger partial charge is 0.243 e. The highest BCUT2D eigenvalue weighted by atomic mass is 32.2. The van der Waals surface area contributed by atoms with E-state index in [-0.39, 0.29) is 48.7 Å². The zero-order valence-electron chi connectivity index (χ0n) is 22.2. The van der Waals surface area contributed by atoms with Crippen molar-refractivity contribution in [3.8, 4) is 12.3 Å². The highest BCUT2D eigenvalue weighted by Gasteiger charge is 2.23. The van der Waals surface area contributed by atoms with Gasteiger partial charge in [0.1, 0.15) is 0 Å². The van der Waals surface area contributed by atoms with E-state index in [9.17, 15) is 19.2 Å². The molecule has 3 amide bonds. The number of unbranched alkanes of at least 4 members (excludes halogenated alkanes) is 3. The summed E-state index contributed by atoms with van der Waals surface area (Å²) in [5.41, 5.74) is 14.1. The molecule has 0 rings (SSSR count). The number of nitrogens with two attached hydrogens (primary N) is 1. The van der Waals surface area contributed by atoms with Crippen molar-refractivity contribution < 1.29 is 19.2 Å². The number of nitrogens with zero attached hydrogens (tertiary/aromatic N) is 3. The molecule has 0 aromatic rings. The lowest BCUT2D eigenvalue weighted by Crippen LogP contribution is -2.47. The van der Waals surface area contributed by atoms with Gasteiger partial charge in [-0.2, -0.15) is 11.8 Å². The fraction of sp³-hybridized carbons (Fsp3) is 0.760. The Balaban J connectivity index is 4.51. The van der Waals surface area contributed by atoms with Gasteiger partial charge >= 0.3 is 0 Å². The number of Topliss-reactive ketones (excluding diaryl/α,β-unsaturated/α-hetero) is 1. The fourth-order valence-corrected chi connectivity index (χ4v) is 4.12. The van der Waals surface area contributed by atoms with Gasteiger partial charge in [-0.3, -0.25) is 24.5 Å². The quantitative estimate of drug-likeness (QED) is 0.0538. The van der Waals surface area contributed by atoms with Gasteiger partial charge in [-0.25, -0.2) is 0 Å². The third-order valence-corrected chi connectivity index (χ3v) is 6.56. The summed E-state index contributed by atoms with van der Waals surface area (Å²) >= 11 is 1.64. The van der Waals surface area contributed by atoms with E-state index in [0.29, 0.717) is 45.2 Å². The first kappa shape index (κ1) is 34.4. The van der Waals surface area contributed by atoms with E-state index < -0.39 is 12.1 Å². The minimum atomic E-state index is -0.725. The lowest BCUT2D eigenvalue weighted by Gasteiger charge is -2.19. The average molecular weight is 538 g/mol. The van der Waals surface area contributed by atoms with E-state index in [1.54, 1.807) is 18.8 Å². The molecule has 3 atom stereocenters. The molecule has 0 heterocycles. The molecule has 208 valence electrons. The predicted molar refractivity (Wildman–Crippen MR) is 147 cm³/mol. The second-order valence-electron chi connectivity index (χ2n) is 8.80. The summed E-state index contributed by atoms with van der Waals surface area (Å²) in [7, 11) is 1.70. The first-order chi connectivity index (χ1) is 17.8. The summed E-state index contributed by atoms with van der Waals surface area (Å²) in [6.45, 7) is 0.853. The third-order valence-electron chi connectivity index (χ3n) is 5.92. The number of terminal acetylenes is 1. The van der Waals surface area contributed by atoms with E-state index in [0.717, 1.165) is 25.0 Å². The zero-order chi connectivity index (χ0) is 27.9. The summed E-state index contributed by atoms with van der Waals surface area (Å²) in [5.74, 6) is 1.80. The minimum absolute atomic E-state index is 0.0650. The molecule has 0 aliphatic carbocycles. The predicted octanol–water partition coefficient (Wildman–Crippen LogP) is 2.44. The monoisotopic (exact) mass is 537 g/mol. The summed E-state index contributed by atoms with van der Waals surface area (Å²) < 4.78 is 0. The van der Waals surface area contributed by atoms with Gasteiger partial charge in [-0.1, -0.05) is 24.4 Å². The van der Waals surface area contributed by atoms with Gasteiger partial charge in [0.15, 0.2) is 5.78 Å². The molecule has 0 bridgehead atoms. The molecule has 0 unspecified atom stereocenters. The Kier molecular flexibility index (Phi) is 21.0. The molecular weight excluding hydrogens is 494 g/mol. The SMILES string of the molecule is C#CC[C@H](N)C(=O)CCC(=O)NCCCCC[C@@H](CCCCN=[N+]=[N-])C(=O)NC(=O)[C@H](CCSC)NC. The standard InChI is InChI=1S/C25H43N7O4S/c1-4-10-20(26)22(33)13-14-23(34)29-16-8-5-6-11-19(12-7-9-17-30-32-27)24(35)31-25(36)21(28-2)15-18-37-3/h1,19-21,28H,5-18,26H2,2-3H3,(H,29,34)(H,31,35,36)/t19-,20-,21-/m0/s1. The number of hydrogen-bond acceptors (Lipinski definition) is 8. The number of amides is 3. The Morgan fingerprint density at radius 2 is 1.76 bits per heavy atom. The molecule has 0 aromatic heterocycles. The van der Waals surface area contributed by atoms with Crippen LogP contribution >= 0.6 is 11.8 Å². The van der Waals surface area contributed by atoms with Crippen LogP contribution in [0.2, 0.25) is 0 Å². The molecule has 12 heteroatoms. The lowest BCUT2D eigenvalue weighted by molar-refractivity contribution is -0.134. The van der Waals surface area contributed by atoms with Crippen LogP contribution in [0.25, 0.3) is 10.4 Å². The average Bonchev–Trinajstić information content (AvgIpc) is 2.88. The van der Waals surface area contributed by atoms with Crippen LogP contribution in [-0.4, -0.2) is 67.7 Å². The molecule has 0 aliphatic heterocycles. The van der Waals surface area contributed by atoms with Crippen molar-refractivity contribution in [1.29, 1.82) is 0 Å². The molecule has 0 spiro atoms. The molecule has 11 nitrogen and oxygen atoms in total. The first-order valence-electron chi connectivity index (χ1n) is 12.8. The van der Waals surface area contributed by atoms with Crippen molar-refractivity contribution in [2.45, 2.75) is 82.7 Å². The van der Waals surface area contributed by atoms with Gasteiger partial charge in [0.25, 0.3) is 0 Å². The highest BCUT2D eigenvalue weighted by molar-refractivity contribution is 7.98.